The standard InChI is InChI=1S/C13H20BrNOS/c1-3-13(2,10-14)15-12(16)8-4-6-11-7-5-9-17-11/h5,7,9H,3-4,6,8,10H2,1-2H3,(H,15,16). The normalized spacial score (nSPS) is 14.3. The summed E-state index contributed by atoms with van der Waals surface area (Å²) in [7, 11) is 0. The van der Waals surface area contributed by atoms with Crippen LogP contribution in [-0.2, 0) is 11.2 Å². The summed E-state index contributed by atoms with van der Waals surface area (Å²) in [6, 6.07) is 4.18. The van der Waals surface area contributed by atoms with Gasteiger partial charge in [0.05, 0.1) is 0 Å². The third-order valence-electron chi connectivity index (χ3n) is 2.92. The van der Waals surface area contributed by atoms with Gasteiger partial charge in [0.25, 0.3) is 0 Å². The van der Waals surface area contributed by atoms with E-state index in [2.05, 4.69) is 52.6 Å². The number of thiophene rings is 1. The smallest absolute Gasteiger partial charge is 0.220 e. The van der Waals surface area contributed by atoms with E-state index in [0.29, 0.717) is 6.42 Å². The highest BCUT2D eigenvalue weighted by atomic mass is 79.9. The lowest BCUT2D eigenvalue weighted by molar-refractivity contribution is -0.122. The van der Waals surface area contributed by atoms with Crippen molar-refractivity contribution in [1.82, 2.24) is 5.32 Å². The Hall–Kier alpha value is -0.350. The van der Waals surface area contributed by atoms with Crippen LogP contribution in [0.25, 0.3) is 0 Å². The molecule has 0 aliphatic carbocycles. The van der Waals surface area contributed by atoms with Crippen molar-refractivity contribution in [2.75, 3.05) is 5.33 Å². The predicted molar refractivity (Wildman–Crippen MR) is 77.9 cm³/mol. The Balaban J connectivity index is 2.25. The lowest BCUT2D eigenvalue weighted by Crippen LogP contribution is -2.46. The average Bonchev–Trinajstić information content (AvgIpc) is 2.82. The largest absolute Gasteiger partial charge is 0.350 e. The van der Waals surface area contributed by atoms with Gasteiger partial charge in [-0.3, -0.25) is 4.79 Å². The van der Waals surface area contributed by atoms with Crippen molar-refractivity contribution in [3.05, 3.63) is 22.4 Å². The minimum absolute atomic E-state index is 0.111. The molecule has 0 saturated carbocycles. The molecular weight excluding hydrogens is 298 g/mol. The molecule has 96 valence electrons. The molecule has 0 aliphatic heterocycles. The van der Waals surface area contributed by atoms with E-state index in [4.69, 9.17) is 0 Å². The van der Waals surface area contributed by atoms with E-state index in [9.17, 15) is 4.79 Å². The molecule has 1 heterocycles. The Kier molecular flexibility index (Phi) is 6.20. The molecule has 2 nitrogen and oxygen atoms in total. The zero-order valence-electron chi connectivity index (χ0n) is 10.5. The van der Waals surface area contributed by atoms with E-state index in [1.165, 1.54) is 4.88 Å². The van der Waals surface area contributed by atoms with Crippen LogP contribution >= 0.6 is 27.3 Å². The molecule has 1 atom stereocenters. The molecule has 1 unspecified atom stereocenters. The summed E-state index contributed by atoms with van der Waals surface area (Å²) in [5.41, 5.74) is -0.111. The summed E-state index contributed by atoms with van der Waals surface area (Å²) in [5, 5.41) is 5.97. The second-order valence-electron chi connectivity index (χ2n) is 4.53. The van der Waals surface area contributed by atoms with Crippen LogP contribution in [0.5, 0.6) is 0 Å². The number of carbonyl (C=O) groups is 1. The highest BCUT2D eigenvalue weighted by Gasteiger charge is 2.22. The van der Waals surface area contributed by atoms with Gasteiger partial charge in [-0.25, -0.2) is 0 Å². The molecule has 0 bridgehead atoms. The van der Waals surface area contributed by atoms with Crippen LogP contribution < -0.4 is 5.32 Å². The number of aryl methyl sites for hydroxylation is 1. The topological polar surface area (TPSA) is 29.1 Å². The van der Waals surface area contributed by atoms with E-state index in [0.717, 1.165) is 24.6 Å². The molecule has 0 radical (unpaired) electrons. The van der Waals surface area contributed by atoms with Crippen LogP contribution in [0.15, 0.2) is 17.5 Å². The molecule has 1 amide bonds. The number of amides is 1. The van der Waals surface area contributed by atoms with Gasteiger partial charge < -0.3 is 5.32 Å². The first-order valence-electron chi connectivity index (χ1n) is 5.99. The van der Waals surface area contributed by atoms with Gasteiger partial charge in [0.15, 0.2) is 0 Å². The number of rotatable bonds is 7. The molecule has 0 aliphatic rings. The SMILES string of the molecule is CCC(C)(CBr)NC(=O)CCCc1cccs1. The maximum atomic E-state index is 11.8. The monoisotopic (exact) mass is 317 g/mol. The summed E-state index contributed by atoms with van der Waals surface area (Å²) >= 11 is 5.20. The van der Waals surface area contributed by atoms with Crippen LogP contribution in [0.4, 0.5) is 0 Å². The quantitative estimate of drug-likeness (QED) is 0.762. The molecule has 1 rings (SSSR count). The first-order chi connectivity index (χ1) is 8.09. The number of hydrogen-bond acceptors (Lipinski definition) is 2. The molecule has 1 aromatic heterocycles. The minimum Gasteiger partial charge on any atom is -0.350 e. The Morgan fingerprint density at radius 1 is 1.59 bits per heavy atom. The fourth-order valence-electron chi connectivity index (χ4n) is 1.49. The van der Waals surface area contributed by atoms with E-state index < -0.39 is 0 Å². The lowest BCUT2D eigenvalue weighted by atomic mass is 10.0. The van der Waals surface area contributed by atoms with Crippen LogP contribution in [0.2, 0.25) is 0 Å². The third-order valence-corrected chi connectivity index (χ3v) is 5.10. The number of nitrogens with one attached hydrogen (secondary N) is 1. The van der Waals surface area contributed by atoms with Gasteiger partial charge in [-0.2, -0.15) is 0 Å². The van der Waals surface area contributed by atoms with Crippen molar-refractivity contribution in [3.63, 3.8) is 0 Å². The highest BCUT2D eigenvalue weighted by molar-refractivity contribution is 9.09. The summed E-state index contributed by atoms with van der Waals surface area (Å²) in [6.45, 7) is 4.16. The van der Waals surface area contributed by atoms with Gasteiger partial charge in [-0.05, 0) is 37.6 Å². The van der Waals surface area contributed by atoms with Gasteiger partial charge in [-0.15, -0.1) is 11.3 Å². The van der Waals surface area contributed by atoms with E-state index in [1.807, 2.05) is 0 Å². The molecular formula is C13H20BrNOS. The molecule has 1 N–H and O–H groups in total. The number of halogens is 1. The maximum Gasteiger partial charge on any atom is 0.220 e. The van der Waals surface area contributed by atoms with Gasteiger partial charge in [-0.1, -0.05) is 28.9 Å². The molecule has 0 fully saturated rings. The van der Waals surface area contributed by atoms with Crippen LogP contribution in [0.3, 0.4) is 0 Å². The predicted octanol–water partition coefficient (Wildman–Crippen LogP) is 3.75. The Bertz CT molecular complexity index is 333. The van der Waals surface area contributed by atoms with Crippen molar-refractivity contribution in [2.24, 2.45) is 0 Å². The van der Waals surface area contributed by atoms with Gasteiger partial charge in [0, 0.05) is 22.2 Å². The average molecular weight is 318 g/mol. The minimum atomic E-state index is -0.111. The summed E-state index contributed by atoms with van der Waals surface area (Å²) in [5.74, 6) is 0.158. The second-order valence-corrected chi connectivity index (χ2v) is 6.12. The fraction of sp³-hybridized carbons (Fsp3) is 0.615. The zero-order chi connectivity index (χ0) is 12.7. The Labute approximate surface area is 116 Å². The second kappa shape index (κ2) is 7.17. The first-order valence-corrected chi connectivity index (χ1v) is 7.99. The van der Waals surface area contributed by atoms with Gasteiger partial charge in [0.1, 0.15) is 0 Å². The van der Waals surface area contributed by atoms with Crippen LogP contribution in [0.1, 0.15) is 38.0 Å². The van der Waals surface area contributed by atoms with Crippen LogP contribution in [-0.4, -0.2) is 16.8 Å². The summed E-state index contributed by atoms with van der Waals surface area (Å²) in [4.78, 5) is 13.1. The third kappa shape index (κ3) is 5.21. The Morgan fingerprint density at radius 3 is 2.88 bits per heavy atom. The van der Waals surface area contributed by atoms with Crippen LogP contribution in [0, 0.1) is 0 Å². The molecule has 4 heteroatoms. The number of hydrogen-bond donors (Lipinski definition) is 1. The lowest BCUT2D eigenvalue weighted by Gasteiger charge is -2.27. The van der Waals surface area contributed by atoms with E-state index >= 15 is 0 Å². The number of alkyl halides is 1. The zero-order valence-corrected chi connectivity index (χ0v) is 12.9. The molecule has 0 aromatic carbocycles. The van der Waals surface area contributed by atoms with Crippen molar-refractivity contribution < 1.29 is 4.79 Å². The van der Waals surface area contributed by atoms with Gasteiger partial charge >= 0.3 is 0 Å². The fourth-order valence-corrected chi connectivity index (χ4v) is 2.78. The molecule has 0 saturated heterocycles. The first kappa shape index (κ1) is 14.7. The van der Waals surface area contributed by atoms with Crippen molar-refractivity contribution >= 4 is 33.2 Å². The van der Waals surface area contributed by atoms with Gasteiger partial charge in [0.2, 0.25) is 5.91 Å². The molecule has 0 spiro atoms. The summed E-state index contributed by atoms with van der Waals surface area (Å²) in [6.07, 6.45) is 3.48. The summed E-state index contributed by atoms with van der Waals surface area (Å²) < 4.78 is 0. The van der Waals surface area contributed by atoms with E-state index in [-0.39, 0.29) is 11.4 Å². The van der Waals surface area contributed by atoms with Crippen molar-refractivity contribution in [1.29, 1.82) is 0 Å². The Morgan fingerprint density at radius 2 is 2.35 bits per heavy atom. The van der Waals surface area contributed by atoms with E-state index in [1.54, 1.807) is 11.3 Å². The molecule has 17 heavy (non-hydrogen) atoms. The van der Waals surface area contributed by atoms with Crippen molar-refractivity contribution in [3.8, 4) is 0 Å². The molecule has 1 aromatic rings. The highest BCUT2D eigenvalue weighted by Crippen LogP contribution is 2.14. The number of carbonyl (C=O) groups excluding carboxylic acids is 1. The van der Waals surface area contributed by atoms with Crippen molar-refractivity contribution in [2.45, 2.75) is 45.1 Å². The maximum absolute atomic E-state index is 11.8.